The summed E-state index contributed by atoms with van der Waals surface area (Å²) in [6.07, 6.45) is 2.19. The maximum Gasteiger partial charge on any atom is 0.119 e. The summed E-state index contributed by atoms with van der Waals surface area (Å²) in [6.45, 7) is 4.62. The van der Waals surface area contributed by atoms with Crippen molar-refractivity contribution in [3.8, 4) is 5.75 Å². The van der Waals surface area contributed by atoms with Gasteiger partial charge >= 0.3 is 0 Å². The Balaban J connectivity index is 1.75. The van der Waals surface area contributed by atoms with Gasteiger partial charge in [0.05, 0.1) is 6.61 Å². The van der Waals surface area contributed by atoms with Crippen LogP contribution in [0.2, 0.25) is 0 Å². The van der Waals surface area contributed by atoms with Crippen molar-refractivity contribution in [3.05, 3.63) is 30.3 Å². The van der Waals surface area contributed by atoms with Crippen molar-refractivity contribution in [2.75, 3.05) is 19.8 Å². The lowest BCUT2D eigenvalue weighted by atomic mass is 10.2. The van der Waals surface area contributed by atoms with E-state index in [0.29, 0.717) is 12.1 Å². The van der Waals surface area contributed by atoms with Crippen molar-refractivity contribution < 1.29 is 9.47 Å². The summed E-state index contributed by atoms with van der Waals surface area (Å²) >= 11 is 0. The molecule has 0 saturated carbocycles. The van der Waals surface area contributed by atoms with Crippen LogP contribution >= 0.6 is 0 Å². The van der Waals surface area contributed by atoms with Gasteiger partial charge in [-0.1, -0.05) is 25.1 Å². The molecular weight excluding hydrogens is 214 g/mol. The fourth-order valence-electron chi connectivity index (χ4n) is 2.00. The summed E-state index contributed by atoms with van der Waals surface area (Å²) in [5, 5.41) is 3.59. The quantitative estimate of drug-likeness (QED) is 0.820. The van der Waals surface area contributed by atoms with Gasteiger partial charge in [0, 0.05) is 18.7 Å². The van der Waals surface area contributed by atoms with Gasteiger partial charge in [0.2, 0.25) is 0 Å². The van der Waals surface area contributed by atoms with Crippen LogP contribution in [0.3, 0.4) is 0 Å². The second-order valence-corrected chi connectivity index (χ2v) is 4.46. The fourth-order valence-corrected chi connectivity index (χ4v) is 2.00. The molecule has 1 aromatic carbocycles. The first kappa shape index (κ1) is 12.4. The zero-order chi connectivity index (χ0) is 11.9. The standard InChI is InChI=1S/C14H21NO2/c1-2-12(15-13-8-9-16-10-13)11-17-14-6-4-3-5-7-14/h3-7,12-13,15H,2,8-11H2,1H3. The molecule has 2 unspecified atom stereocenters. The molecule has 1 saturated heterocycles. The SMILES string of the molecule is CCC(COc1ccccc1)NC1CCOC1. The highest BCUT2D eigenvalue weighted by Crippen LogP contribution is 2.10. The summed E-state index contributed by atoms with van der Waals surface area (Å²) < 4.78 is 11.1. The highest BCUT2D eigenvalue weighted by atomic mass is 16.5. The first-order valence-electron chi connectivity index (χ1n) is 6.40. The number of ether oxygens (including phenoxy) is 2. The zero-order valence-corrected chi connectivity index (χ0v) is 10.4. The Hall–Kier alpha value is -1.06. The minimum absolute atomic E-state index is 0.405. The Morgan fingerprint density at radius 2 is 2.24 bits per heavy atom. The Kier molecular flexibility index (Phi) is 4.83. The van der Waals surface area contributed by atoms with E-state index in [0.717, 1.165) is 38.4 Å². The highest BCUT2D eigenvalue weighted by molar-refractivity contribution is 5.20. The van der Waals surface area contributed by atoms with Crippen molar-refractivity contribution in [2.24, 2.45) is 0 Å². The van der Waals surface area contributed by atoms with Crippen molar-refractivity contribution in [1.29, 1.82) is 0 Å². The van der Waals surface area contributed by atoms with Crippen LogP contribution in [0.15, 0.2) is 30.3 Å². The molecule has 1 aromatic rings. The van der Waals surface area contributed by atoms with Gasteiger partial charge in [-0.2, -0.15) is 0 Å². The van der Waals surface area contributed by atoms with Crippen LogP contribution in [-0.2, 0) is 4.74 Å². The third-order valence-electron chi connectivity index (χ3n) is 3.09. The van der Waals surface area contributed by atoms with Gasteiger partial charge in [0.15, 0.2) is 0 Å². The second kappa shape index (κ2) is 6.62. The van der Waals surface area contributed by atoms with E-state index in [-0.39, 0.29) is 0 Å². The van der Waals surface area contributed by atoms with Gasteiger partial charge in [0.1, 0.15) is 12.4 Å². The summed E-state index contributed by atoms with van der Waals surface area (Å²) in [7, 11) is 0. The Labute approximate surface area is 103 Å². The maximum atomic E-state index is 5.77. The molecule has 17 heavy (non-hydrogen) atoms. The number of nitrogens with one attached hydrogen (secondary N) is 1. The van der Waals surface area contributed by atoms with Gasteiger partial charge in [0.25, 0.3) is 0 Å². The highest BCUT2D eigenvalue weighted by Gasteiger charge is 2.18. The third-order valence-corrected chi connectivity index (χ3v) is 3.09. The molecule has 2 atom stereocenters. The summed E-state index contributed by atoms with van der Waals surface area (Å²) in [4.78, 5) is 0. The topological polar surface area (TPSA) is 30.5 Å². The average Bonchev–Trinajstić information content (AvgIpc) is 2.88. The number of hydrogen-bond donors (Lipinski definition) is 1. The Morgan fingerprint density at radius 3 is 2.88 bits per heavy atom. The van der Waals surface area contributed by atoms with E-state index in [2.05, 4.69) is 12.2 Å². The monoisotopic (exact) mass is 235 g/mol. The molecule has 2 rings (SSSR count). The molecule has 0 radical (unpaired) electrons. The van der Waals surface area contributed by atoms with E-state index in [1.54, 1.807) is 0 Å². The van der Waals surface area contributed by atoms with Crippen LogP contribution in [0.1, 0.15) is 19.8 Å². The van der Waals surface area contributed by atoms with E-state index in [1.807, 2.05) is 30.3 Å². The molecule has 0 spiro atoms. The summed E-state index contributed by atoms with van der Waals surface area (Å²) in [5.74, 6) is 0.940. The molecule has 1 fully saturated rings. The lowest BCUT2D eigenvalue weighted by Crippen LogP contribution is -2.41. The van der Waals surface area contributed by atoms with Crippen LogP contribution in [0, 0.1) is 0 Å². The molecule has 0 bridgehead atoms. The van der Waals surface area contributed by atoms with Gasteiger partial charge in [-0.15, -0.1) is 0 Å². The minimum atomic E-state index is 0.405. The molecule has 1 heterocycles. The molecule has 1 aliphatic rings. The van der Waals surface area contributed by atoms with Crippen molar-refractivity contribution in [3.63, 3.8) is 0 Å². The normalized spacial score (nSPS) is 21.4. The summed E-state index contributed by atoms with van der Waals surface area (Å²) in [5.41, 5.74) is 0. The number of rotatable bonds is 6. The molecular formula is C14H21NO2. The largest absolute Gasteiger partial charge is 0.492 e. The second-order valence-electron chi connectivity index (χ2n) is 4.46. The summed E-state index contributed by atoms with van der Waals surface area (Å²) in [6, 6.07) is 10.9. The molecule has 1 N–H and O–H groups in total. The predicted octanol–water partition coefficient (Wildman–Crippen LogP) is 2.22. The van der Waals surface area contributed by atoms with E-state index in [1.165, 1.54) is 0 Å². The van der Waals surface area contributed by atoms with Gasteiger partial charge in [-0.3, -0.25) is 0 Å². The molecule has 3 nitrogen and oxygen atoms in total. The van der Waals surface area contributed by atoms with Gasteiger partial charge in [-0.05, 0) is 25.0 Å². The minimum Gasteiger partial charge on any atom is -0.492 e. The van der Waals surface area contributed by atoms with Crippen LogP contribution in [0.5, 0.6) is 5.75 Å². The molecule has 94 valence electrons. The Morgan fingerprint density at radius 1 is 1.41 bits per heavy atom. The van der Waals surface area contributed by atoms with E-state index in [9.17, 15) is 0 Å². The van der Waals surface area contributed by atoms with Crippen LogP contribution < -0.4 is 10.1 Å². The predicted molar refractivity (Wildman–Crippen MR) is 68.4 cm³/mol. The number of para-hydroxylation sites is 1. The lowest BCUT2D eigenvalue weighted by Gasteiger charge is -2.21. The Bertz CT molecular complexity index is 309. The van der Waals surface area contributed by atoms with Gasteiger partial charge in [-0.25, -0.2) is 0 Å². The molecule has 0 amide bonds. The number of hydrogen-bond acceptors (Lipinski definition) is 3. The molecule has 1 aliphatic heterocycles. The van der Waals surface area contributed by atoms with Crippen LogP contribution in [0.4, 0.5) is 0 Å². The van der Waals surface area contributed by atoms with E-state index in [4.69, 9.17) is 9.47 Å². The van der Waals surface area contributed by atoms with Crippen LogP contribution in [-0.4, -0.2) is 31.9 Å². The van der Waals surface area contributed by atoms with E-state index < -0.39 is 0 Å². The first-order valence-corrected chi connectivity index (χ1v) is 6.40. The average molecular weight is 235 g/mol. The zero-order valence-electron chi connectivity index (χ0n) is 10.4. The maximum absolute atomic E-state index is 5.77. The lowest BCUT2D eigenvalue weighted by molar-refractivity contribution is 0.182. The fraction of sp³-hybridized carbons (Fsp3) is 0.571. The molecule has 0 aliphatic carbocycles. The molecule has 3 heteroatoms. The smallest absolute Gasteiger partial charge is 0.119 e. The number of benzene rings is 1. The third kappa shape index (κ3) is 4.02. The van der Waals surface area contributed by atoms with Crippen molar-refractivity contribution >= 4 is 0 Å². The van der Waals surface area contributed by atoms with Crippen molar-refractivity contribution in [2.45, 2.75) is 31.8 Å². The van der Waals surface area contributed by atoms with E-state index >= 15 is 0 Å². The van der Waals surface area contributed by atoms with Crippen LogP contribution in [0.25, 0.3) is 0 Å². The van der Waals surface area contributed by atoms with Gasteiger partial charge < -0.3 is 14.8 Å². The first-order chi connectivity index (χ1) is 8.38. The van der Waals surface area contributed by atoms with Crippen molar-refractivity contribution in [1.82, 2.24) is 5.32 Å². The molecule has 0 aromatic heterocycles.